The Hall–Kier alpha value is -2.58. The Morgan fingerprint density at radius 2 is 1.75 bits per heavy atom. The second-order valence-electron chi connectivity index (χ2n) is 7.32. The molecule has 0 bridgehead atoms. The van der Waals surface area contributed by atoms with Crippen LogP contribution in [-0.2, 0) is 14.6 Å². The SMILES string of the molecule is Cc1ccc(C)c(S(=O)(=O)C2(C(=O)NCC#Cc3ccccc3)CCCC2)c1. The van der Waals surface area contributed by atoms with Crippen LogP contribution in [0.25, 0.3) is 0 Å². The van der Waals surface area contributed by atoms with Crippen molar-refractivity contribution in [2.75, 3.05) is 6.54 Å². The number of rotatable bonds is 4. The number of nitrogens with one attached hydrogen (secondary N) is 1. The van der Waals surface area contributed by atoms with Gasteiger partial charge in [0, 0.05) is 5.56 Å². The Balaban J connectivity index is 1.84. The van der Waals surface area contributed by atoms with E-state index in [0.717, 1.165) is 24.0 Å². The van der Waals surface area contributed by atoms with Crippen LogP contribution in [0.3, 0.4) is 0 Å². The average molecular weight is 396 g/mol. The van der Waals surface area contributed by atoms with Gasteiger partial charge in [0.25, 0.3) is 0 Å². The summed E-state index contributed by atoms with van der Waals surface area (Å²) in [6.07, 6.45) is 2.15. The van der Waals surface area contributed by atoms with Gasteiger partial charge in [-0.15, -0.1) is 0 Å². The Kier molecular flexibility index (Phi) is 5.90. The lowest BCUT2D eigenvalue weighted by molar-refractivity contribution is -0.123. The predicted octanol–water partition coefficient (Wildman–Crippen LogP) is 3.56. The second kappa shape index (κ2) is 8.20. The number of amides is 1. The lowest BCUT2D eigenvalue weighted by atomic mass is 10.1. The number of sulfone groups is 1. The minimum atomic E-state index is -3.80. The first-order chi connectivity index (χ1) is 13.4. The smallest absolute Gasteiger partial charge is 0.242 e. The van der Waals surface area contributed by atoms with Crippen LogP contribution in [0.5, 0.6) is 0 Å². The molecule has 0 unspecified atom stereocenters. The third-order valence-corrected chi connectivity index (χ3v) is 7.96. The highest BCUT2D eigenvalue weighted by Gasteiger charge is 2.53. The van der Waals surface area contributed by atoms with Gasteiger partial charge in [0.05, 0.1) is 11.4 Å². The second-order valence-corrected chi connectivity index (χ2v) is 9.55. The minimum absolute atomic E-state index is 0.123. The van der Waals surface area contributed by atoms with E-state index in [1.165, 1.54) is 0 Å². The van der Waals surface area contributed by atoms with Gasteiger partial charge >= 0.3 is 0 Å². The third-order valence-electron chi connectivity index (χ3n) is 5.32. The summed E-state index contributed by atoms with van der Waals surface area (Å²) in [7, 11) is -3.80. The third kappa shape index (κ3) is 3.83. The molecule has 2 aromatic carbocycles. The van der Waals surface area contributed by atoms with Crippen molar-refractivity contribution in [2.45, 2.75) is 49.2 Å². The minimum Gasteiger partial charge on any atom is -0.344 e. The van der Waals surface area contributed by atoms with E-state index in [9.17, 15) is 13.2 Å². The van der Waals surface area contributed by atoms with Crippen molar-refractivity contribution < 1.29 is 13.2 Å². The molecule has 0 aromatic heterocycles. The molecule has 0 radical (unpaired) electrons. The Morgan fingerprint density at radius 1 is 1.07 bits per heavy atom. The standard InChI is InChI=1S/C23H25NO3S/c1-18-12-13-19(2)21(17-18)28(26,27)23(14-6-7-15-23)22(25)24-16-8-11-20-9-4-3-5-10-20/h3-5,9-10,12-13,17H,6-7,14-16H2,1-2H3,(H,24,25). The maximum atomic E-state index is 13.5. The largest absolute Gasteiger partial charge is 0.344 e. The summed E-state index contributed by atoms with van der Waals surface area (Å²) in [4.78, 5) is 13.3. The quantitative estimate of drug-likeness (QED) is 0.805. The summed E-state index contributed by atoms with van der Waals surface area (Å²) in [5.41, 5.74) is 2.40. The van der Waals surface area contributed by atoms with Crippen LogP contribution >= 0.6 is 0 Å². The number of benzene rings is 2. The lowest BCUT2D eigenvalue weighted by Crippen LogP contribution is -2.50. The van der Waals surface area contributed by atoms with Crippen LogP contribution in [0.4, 0.5) is 0 Å². The van der Waals surface area contributed by atoms with Crippen molar-refractivity contribution in [3.05, 3.63) is 65.2 Å². The molecule has 2 aromatic rings. The van der Waals surface area contributed by atoms with Gasteiger partial charge in [0.1, 0.15) is 0 Å². The van der Waals surface area contributed by atoms with Gasteiger partial charge in [0.15, 0.2) is 14.6 Å². The molecule has 1 fully saturated rings. The molecular formula is C23H25NO3S. The monoisotopic (exact) mass is 395 g/mol. The molecule has 1 aliphatic carbocycles. The first-order valence-corrected chi connectivity index (χ1v) is 11.0. The van der Waals surface area contributed by atoms with Gasteiger partial charge in [-0.2, -0.15) is 0 Å². The van der Waals surface area contributed by atoms with Crippen LogP contribution < -0.4 is 5.32 Å². The van der Waals surface area contributed by atoms with Crippen molar-refractivity contribution >= 4 is 15.7 Å². The number of carbonyl (C=O) groups excluding carboxylic acids is 1. The fourth-order valence-electron chi connectivity index (χ4n) is 3.72. The number of hydrogen-bond donors (Lipinski definition) is 1. The topological polar surface area (TPSA) is 63.2 Å². The molecule has 1 N–H and O–H groups in total. The van der Waals surface area contributed by atoms with E-state index in [-0.39, 0.29) is 11.4 Å². The molecule has 1 amide bonds. The summed E-state index contributed by atoms with van der Waals surface area (Å²) in [6.45, 7) is 3.76. The van der Waals surface area contributed by atoms with Gasteiger partial charge in [-0.05, 0) is 56.0 Å². The van der Waals surface area contributed by atoms with Gasteiger partial charge in [0.2, 0.25) is 5.91 Å². The zero-order valence-corrected chi connectivity index (χ0v) is 17.1. The van der Waals surface area contributed by atoms with Crippen molar-refractivity contribution in [1.82, 2.24) is 5.32 Å². The molecule has 0 aliphatic heterocycles. The van der Waals surface area contributed by atoms with E-state index in [0.29, 0.717) is 18.4 Å². The van der Waals surface area contributed by atoms with Gasteiger partial charge in [-0.1, -0.05) is 55.0 Å². The fraction of sp³-hybridized carbons (Fsp3) is 0.348. The van der Waals surface area contributed by atoms with E-state index < -0.39 is 20.5 Å². The average Bonchev–Trinajstić information content (AvgIpc) is 3.19. The summed E-state index contributed by atoms with van der Waals surface area (Å²) in [6, 6.07) is 14.8. The van der Waals surface area contributed by atoms with Crippen LogP contribution in [0.1, 0.15) is 42.4 Å². The first kappa shape index (κ1) is 20.2. The molecular weight excluding hydrogens is 370 g/mol. The van der Waals surface area contributed by atoms with E-state index in [1.54, 1.807) is 19.1 Å². The van der Waals surface area contributed by atoms with Crippen LogP contribution in [-0.4, -0.2) is 25.6 Å². The highest BCUT2D eigenvalue weighted by Crippen LogP contribution is 2.41. The molecule has 1 aliphatic rings. The molecule has 4 nitrogen and oxygen atoms in total. The predicted molar refractivity (Wildman–Crippen MR) is 111 cm³/mol. The molecule has 0 heterocycles. The van der Waals surface area contributed by atoms with Gasteiger partial charge in [-0.25, -0.2) is 8.42 Å². The van der Waals surface area contributed by atoms with Crippen LogP contribution in [0, 0.1) is 25.7 Å². The van der Waals surface area contributed by atoms with Crippen molar-refractivity contribution in [3.63, 3.8) is 0 Å². The Bertz CT molecular complexity index is 1020. The summed E-state index contributed by atoms with van der Waals surface area (Å²) >= 11 is 0. The summed E-state index contributed by atoms with van der Waals surface area (Å²) < 4.78 is 25.7. The molecule has 146 valence electrons. The van der Waals surface area contributed by atoms with Gasteiger partial charge in [-0.3, -0.25) is 4.79 Å². The fourth-order valence-corrected chi connectivity index (χ4v) is 6.12. The van der Waals surface area contributed by atoms with E-state index in [2.05, 4.69) is 17.2 Å². The zero-order chi connectivity index (χ0) is 20.2. The van der Waals surface area contributed by atoms with Crippen LogP contribution in [0.15, 0.2) is 53.4 Å². The van der Waals surface area contributed by atoms with E-state index in [4.69, 9.17) is 0 Å². The number of hydrogen-bond acceptors (Lipinski definition) is 3. The van der Waals surface area contributed by atoms with Crippen molar-refractivity contribution in [1.29, 1.82) is 0 Å². The summed E-state index contributed by atoms with van der Waals surface area (Å²) in [5, 5.41) is 2.75. The molecule has 0 atom stereocenters. The van der Waals surface area contributed by atoms with Crippen LogP contribution in [0.2, 0.25) is 0 Å². The Morgan fingerprint density at radius 3 is 2.43 bits per heavy atom. The van der Waals surface area contributed by atoms with Crippen molar-refractivity contribution in [2.24, 2.45) is 0 Å². The lowest BCUT2D eigenvalue weighted by Gasteiger charge is -2.28. The molecule has 28 heavy (non-hydrogen) atoms. The summed E-state index contributed by atoms with van der Waals surface area (Å²) in [5.74, 6) is 5.45. The molecule has 0 spiro atoms. The van der Waals surface area contributed by atoms with E-state index >= 15 is 0 Å². The molecule has 1 saturated carbocycles. The molecule has 5 heteroatoms. The maximum Gasteiger partial charge on any atom is 0.242 e. The van der Waals surface area contributed by atoms with Crippen molar-refractivity contribution in [3.8, 4) is 11.8 Å². The first-order valence-electron chi connectivity index (χ1n) is 9.51. The number of carbonyl (C=O) groups is 1. The Labute approximate surface area is 167 Å². The normalized spacial score (nSPS) is 15.5. The zero-order valence-electron chi connectivity index (χ0n) is 16.3. The van der Waals surface area contributed by atoms with E-state index in [1.807, 2.05) is 43.3 Å². The number of aryl methyl sites for hydroxylation is 2. The molecule has 0 saturated heterocycles. The highest BCUT2D eigenvalue weighted by molar-refractivity contribution is 7.93. The molecule has 3 rings (SSSR count). The van der Waals surface area contributed by atoms with Gasteiger partial charge < -0.3 is 5.32 Å². The maximum absolute atomic E-state index is 13.5. The highest BCUT2D eigenvalue weighted by atomic mass is 32.2.